The minimum atomic E-state index is -1.16. The molecule has 0 saturated heterocycles. The van der Waals surface area contributed by atoms with E-state index in [1.165, 1.54) is 11.8 Å². The molecule has 0 heterocycles. The van der Waals surface area contributed by atoms with Crippen LogP contribution in [0, 0.1) is 11.3 Å². The highest BCUT2D eigenvalue weighted by Gasteiger charge is 2.36. The normalized spacial score (nSPS) is 12.4. The van der Waals surface area contributed by atoms with E-state index >= 15 is 0 Å². The molecule has 0 fully saturated rings. The molecule has 0 aliphatic rings. The first kappa shape index (κ1) is 32.8. The molecule has 10 nitrogen and oxygen atoms in total. The molecule has 2 atom stereocenters. The summed E-state index contributed by atoms with van der Waals surface area (Å²) < 4.78 is 10.2. The average molecular weight is 549 g/mol. The minimum absolute atomic E-state index is 0.00184. The molecular formula is C27H40N4O6S. The van der Waals surface area contributed by atoms with Gasteiger partial charge in [-0.3, -0.25) is 14.4 Å². The number of carbonyl (C=O) groups excluding carboxylic acids is 4. The van der Waals surface area contributed by atoms with E-state index in [1.54, 1.807) is 39.8 Å². The van der Waals surface area contributed by atoms with Crippen molar-refractivity contribution in [2.24, 2.45) is 0 Å². The van der Waals surface area contributed by atoms with Gasteiger partial charge in [0.2, 0.25) is 11.8 Å². The maximum atomic E-state index is 13.8. The molecule has 2 N–H and O–H groups in total. The monoisotopic (exact) mass is 548 g/mol. The Hall–Kier alpha value is -3.26. The fraction of sp³-hybridized carbons (Fsp3) is 0.593. The fourth-order valence-corrected chi connectivity index (χ4v) is 4.01. The van der Waals surface area contributed by atoms with Gasteiger partial charge in [-0.25, -0.2) is 4.79 Å². The Morgan fingerprint density at radius 2 is 1.79 bits per heavy atom. The molecule has 0 aliphatic carbocycles. The largest absolute Gasteiger partial charge is 0.466 e. The van der Waals surface area contributed by atoms with Crippen LogP contribution in [-0.4, -0.2) is 72.1 Å². The van der Waals surface area contributed by atoms with E-state index < -0.39 is 48.1 Å². The Bertz CT molecular complexity index is 971. The molecule has 0 aliphatic heterocycles. The molecule has 1 rings (SSSR count). The maximum Gasteiger partial charge on any atom is 0.408 e. The van der Waals surface area contributed by atoms with Crippen molar-refractivity contribution in [3.05, 3.63) is 35.4 Å². The summed E-state index contributed by atoms with van der Waals surface area (Å²) in [5, 5.41) is 14.9. The van der Waals surface area contributed by atoms with Gasteiger partial charge in [0.25, 0.3) is 0 Å². The van der Waals surface area contributed by atoms with Crippen LogP contribution < -0.4 is 10.6 Å². The number of rotatable bonds is 14. The number of alkyl carbamates (subject to hydrolysis) is 1. The number of benzene rings is 1. The van der Waals surface area contributed by atoms with Crippen LogP contribution in [0.1, 0.15) is 64.6 Å². The van der Waals surface area contributed by atoms with Crippen molar-refractivity contribution < 1.29 is 28.7 Å². The number of thioether (sulfide) groups is 1. The van der Waals surface area contributed by atoms with Gasteiger partial charge in [-0.15, -0.1) is 0 Å². The Balaban J connectivity index is 3.35. The van der Waals surface area contributed by atoms with Crippen LogP contribution in [0.3, 0.4) is 0 Å². The van der Waals surface area contributed by atoms with Gasteiger partial charge in [0.15, 0.2) is 0 Å². The van der Waals surface area contributed by atoms with E-state index in [2.05, 4.69) is 10.6 Å². The van der Waals surface area contributed by atoms with Gasteiger partial charge in [0.05, 0.1) is 19.1 Å². The number of nitriles is 1. The number of carbonyl (C=O) groups is 4. The Morgan fingerprint density at radius 1 is 1.13 bits per heavy atom. The first-order valence-corrected chi connectivity index (χ1v) is 14.0. The van der Waals surface area contributed by atoms with E-state index in [9.17, 15) is 24.4 Å². The van der Waals surface area contributed by atoms with Gasteiger partial charge < -0.3 is 25.0 Å². The Morgan fingerprint density at radius 3 is 2.32 bits per heavy atom. The fourth-order valence-electron chi connectivity index (χ4n) is 3.54. The van der Waals surface area contributed by atoms with Crippen molar-refractivity contribution in [1.82, 2.24) is 15.5 Å². The van der Waals surface area contributed by atoms with Gasteiger partial charge in [-0.1, -0.05) is 31.2 Å². The molecular weight excluding hydrogens is 508 g/mol. The van der Waals surface area contributed by atoms with Crippen molar-refractivity contribution in [2.45, 2.75) is 71.6 Å². The first-order valence-electron chi connectivity index (χ1n) is 12.6. The molecule has 1 aromatic carbocycles. The highest BCUT2D eigenvalue weighted by atomic mass is 32.2. The summed E-state index contributed by atoms with van der Waals surface area (Å²) >= 11 is 1.49. The number of hydrogen-bond acceptors (Lipinski definition) is 8. The number of nitrogens with zero attached hydrogens (tertiary/aromatic N) is 2. The van der Waals surface area contributed by atoms with E-state index in [4.69, 9.17) is 9.47 Å². The van der Waals surface area contributed by atoms with Crippen LogP contribution >= 0.6 is 11.8 Å². The van der Waals surface area contributed by atoms with E-state index in [-0.39, 0.29) is 26.0 Å². The van der Waals surface area contributed by atoms with Crippen LogP contribution in [0.5, 0.6) is 0 Å². The van der Waals surface area contributed by atoms with Crippen LogP contribution in [0.15, 0.2) is 24.3 Å². The van der Waals surface area contributed by atoms with Gasteiger partial charge in [-0.2, -0.15) is 17.0 Å². The average Bonchev–Trinajstić information content (AvgIpc) is 2.85. The van der Waals surface area contributed by atoms with Crippen LogP contribution in [0.25, 0.3) is 0 Å². The number of amides is 3. The Labute approximate surface area is 229 Å². The summed E-state index contributed by atoms with van der Waals surface area (Å²) in [4.78, 5) is 52.6. The van der Waals surface area contributed by atoms with Crippen LogP contribution in [-0.2, 0) is 30.3 Å². The second-order valence-electron chi connectivity index (χ2n) is 9.45. The molecule has 1 aromatic rings. The molecule has 0 radical (unpaired) electrons. The van der Waals surface area contributed by atoms with Gasteiger partial charge in [0.1, 0.15) is 24.2 Å². The van der Waals surface area contributed by atoms with Crippen LogP contribution in [0.4, 0.5) is 4.79 Å². The smallest absolute Gasteiger partial charge is 0.408 e. The predicted octanol–water partition coefficient (Wildman–Crippen LogP) is 3.36. The number of esters is 1. The zero-order chi connectivity index (χ0) is 28.7. The maximum absolute atomic E-state index is 13.8. The summed E-state index contributed by atoms with van der Waals surface area (Å²) in [6.45, 7) is 8.66. The number of aryl methyl sites for hydroxylation is 1. The molecule has 0 aromatic heterocycles. The molecule has 11 heteroatoms. The van der Waals surface area contributed by atoms with Crippen molar-refractivity contribution in [3.8, 4) is 6.07 Å². The quantitative estimate of drug-likeness (QED) is 0.267. The Kier molecular flexibility index (Phi) is 14.3. The highest BCUT2D eigenvalue weighted by molar-refractivity contribution is 7.98. The first-order chi connectivity index (χ1) is 18.0. The summed E-state index contributed by atoms with van der Waals surface area (Å²) in [7, 11) is 0. The lowest BCUT2D eigenvalue weighted by atomic mass is 10.00. The molecule has 0 saturated carbocycles. The standard InChI is InChI=1S/C27H40N4O6S/c1-7-19-9-11-20(12-10-19)23(24(33)29-16-13-22(32)36-8-2)31(17-15-28)25(34)21(14-18-38-6)30-26(35)37-27(3,4)5/h9-12,21,23H,7-8,13-14,16-18H2,1-6H3,(H,29,33)(H,30,35). The zero-order valence-electron chi connectivity index (χ0n) is 23.2. The summed E-state index contributed by atoms with van der Waals surface area (Å²) in [6, 6.07) is 6.98. The third-order valence-electron chi connectivity index (χ3n) is 5.32. The van der Waals surface area contributed by atoms with Gasteiger partial charge in [-0.05, 0) is 63.7 Å². The molecule has 0 spiro atoms. The molecule has 0 bridgehead atoms. The van der Waals surface area contributed by atoms with Crippen LogP contribution in [0.2, 0.25) is 0 Å². The van der Waals surface area contributed by atoms with E-state index in [0.717, 1.165) is 16.9 Å². The van der Waals surface area contributed by atoms with Crippen molar-refractivity contribution in [1.29, 1.82) is 5.26 Å². The number of nitrogens with one attached hydrogen (secondary N) is 2. The molecule has 2 unspecified atom stereocenters. The van der Waals surface area contributed by atoms with Crippen molar-refractivity contribution in [2.75, 3.05) is 31.7 Å². The second kappa shape index (κ2) is 16.6. The molecule has 210 valence electrons. The molecule has 38 heavy (non-hydrogen) atoms. The highest BCUT2D eigenvalue weighted by Crippen LogP contribution is 2.24. The summed E-state index contributed by atoms with van der Waals surface area (Å²) in [5.74, 6) is -1.05. The third kappa shape index (κ3) is 11.4. The van der Waals surface area contributed by atoms with E-state index in [0.29, 0.717) is 11.3 Å². The minimum Gasteiger partial charge on any atom is -0.466 e. The number of ether oxygens (including phenoxy) is 2. The SMILES string of the molecule is CCOC(=O)CCNC(=O)C(c1ccc(CC)cc1)N(CC#N)C(=O)C(CCSC)NC(=O)OC(C)(C)C. The summed E-state index contributed by atoms with van der Waals surface area (Å²) in [5.41, 5.74) is 0.768. The zero-order valence-corrected chi connectivity index (χ0v) is 24.0. The number of hydrogen-bond donors (Lipinski definition) is 2. The third-order valence-corrected chi connectivity index (χ3v) is 5.97. The lowest BCUT2D eigenvalue weighted by Gasteiger charge is -2.33. The van der Waals surface area contributed by atoms with Gasteiger partial charge in [0, 0.05) is 6.54 Å². The van der Waals surface area contributed by atoms with Crippen molar-refractivity contribution in [3.63, 3.8) is 0 Å². The van der Waals surface area contributed by atoms with Gasteiger partial charge >= 0.3 is 12.1 Å². The van der Waals surface area contributed by atoms with E-state index in [1.807, 2.05) is 31.4 Å². The predicted molar refractivity (Wildman–Crippen MR) is 146 cm³/mol. The second-order valence-corrected chi connectivity index (χ2v) is 10.4. The topological polar surface area (TPSA) is 138 Å². The van der Waals surface area contributed by atoms with Crippen molar-refractivity contribution >= 4 is 35.6 Å². The molecule has 3 amide bonds. The lowest BCUT2D eigenvalue weighted by Crippen LogP contribution is -2.53. The lowest BCUT2D eigenvalue weighted by molar-refractivity contribution is -0.144. The summed E-state index contributed by atoms with van der Waals surface area (Å²) in [6.07, 6.45) is 2.12.